The van der Waals surface area contributed by atoms with Crippen LogP contribution in [0, 0.1) is 0 Å². The molecule has 0 aliphatic carbocycles. The van der Waals surface area contributed by atoms with Gasteiger partial charge < -0.3 is 10.6 Å². The van der Waals surface area contributed by atoms with Crippen LogP contribution >= 0.6 is 0 Å². The summed E-state index contributed by atoms with van der Waals surface area (Å²) in [6.07, 6.45) is -4.54. The van der Waals surface area contributed by atoms with E-state index in [0.29, 0.717) is 5.82 Å². The number of para-hydroxylation sites is 1. The van der Waals surface area contributed by atoms with Crippen LogP contribution in [0.3, 0.4) is 0 Å². The predicted octanol–water partition coefficient (Wildman–Crippen LogP) is 2.27. The second kappa shape index (κ2) is 8.50. The number of tetrazole rings is 1. The number of aromatic nitrogens is 4. The minimum Gasteiger partial charge on any atom is -0.343 e. The van der Waals surface area contributed by atoms with Gasteiger partial charge in [0.25, 0.3) is 5.91 Å². The number of amides is 2. The molecule has 2 N–H and O–H groups in total. The highest BCUT2D eigenvalue weighted by molar-refractivity contribution is 6.03. The first-order valence-corrected chi connectivity index (χ1v) is 8.39. The Kier molecular flexibility index (Phi) is 5.86. The van der Waals surface area contributed by atoms with Gasteiger partial charge in [-0.25, -0.2) is 0 Å². The molecule has 2 aromatic carbocycles. The van der Waals surface area contributed by atoms with Crippen molar-refractivity contribution in [1.82, 2.24) is 25.5 Å². The second-order valence-corrected chi connectivity index (χ2v) is 5.90. The Morgan fingerprint density at radius 2 is 1.69 bits per heavy atom. The molecule has 0 bridgehead atoms. The summed E-state index contributed by atoms with van der Waals surface area (Å²) in [5.41, 5.74) is 0.702. The lowest BCUT2D eigenvalue weighted by atomic mass is 10.1. The summed E-state index contributed by atoms with van der Waals surface area (Å²) < 4.78 is 36.9. The molecule has 150 valence electrons. The van der Waals surface area contributed by atoms with Crippen molar-refractivity contribution in [1.29, 1.82) is 0 Å². The number of hydrogen-bond acceptors (Lipinski definition) is 5. The number of nitrogens with one attached hydrogen (secondary N) is 2. The van der Waals surface area contributed by atoms with Crippen molar-refractivity contribution in [3.63, 3.8) is 0 Å². The maximum Gasteiger partial charge on any atom is 0.405 e. The van der Waals surface area contributed by atoms with Gasteiger partial charge in [0, 0.05) is 5.56 Å². The predicted molar refractivity (Wildman–Crippen MR) is 96.7 cm³/mol. The van der Waals surface area contributed by atoms with Crippen LogP contribution in [0.25, 0.3) is 11.4 Å². The monoisotopic (exact) mass is 404 g/mol. The highest BCUT2D eigenvalue weighted by atomic mass is 19.4. The van der Waals surface area contributed by atoms with E-state index >= 15 is 0 Å². The summed E-state index contributed by atoms with van der Waals surface area (Å²) in [5.74, 6) is -1.19. The zero-order valence-corrected chi connectivity index (χ0v) is 14.8. The molecule has 29 heavy (non-hydrogen) atoms. The first-order chi connectivity index (χ1) is 13.8. The van der Waals surface area contributed by atoms with E-state index < -0.39 is 24.5 Å². The van der Waals surface area contributed by atoms with Crippen LogP contribution in [0.2, 0.25) is 0 Å². The lowest BCUT2D eigenvalue weighted by Gasteiger charge is -2.12. The van der Waals surface area contributed by atoms with Gasteiger partial charge in [-0.15, -0.1) is 10.2 Å². The van der Waals surface area contributed by atoms with Gasteiger partial charge in [0.2, 0.25) is 11.7 Å². The molecule has 0 fully saturated rings. The molecular weight excluding hydrogens is 389 g/mol. The normalized spacial score (nSPS) is 11.1. The SMILES string of the molecule is O=C(Cn1nnc(-c2ccccc2)n1)Nc1ccccc1C(=O)NCC(F)(F)F. The van der Waals surface area contributed by atoms with E-state index in [1.54, 1.807) is 17.4 Å². The van der Waals surface area contributed by atoms with Gasteiger partial charge in [0.15, 0.2) is 0 Å². The van der Waals surface area contributed by atoms with Crippen LogP contribution < -0.4 is 10.6 Å². The van der Waals surface area contributed by atoms with Crippen molar-refractivity contribution >= 4 is 17.5 Å². The van der Waals surface area contributed by atoms with Crippen LogP contribution in [0.4, 0.5) is 18.9 Å². The van der Waals surface area contributed by atoms with E-state index in [1.165, 1.54) is 24.3 Å². The standard InChI is InChI=1S/C18H15F3N6O2/c19-18(20,21)11-22-17(29)13-8-4-5-9-14(13)23-15(28)10-27-25-16(24-26-27)12-6-2-1-3-7-12/h1-9H,10-11H2,(H,22,29)(H,23,28). The molecule has 0 spiro atoms. The number of anilines is 1. The summed E-state index contributed by atoms with van der Waals surface area (Å²) in [6, 6.07) is 14.8. The molecule has 0 saturated carbocycles. The van der Waals surface area contributed by atoms with E-state index in [2.05, 4.69) is 20.7 Å². The van der Waals surface area contributed by atoms with E-state index in [9.17, 15) is 22.8 Å². The van der Waals surface area contributed by atoms with E-state index in [1.807, 2.05) is 18.2 Å². The Morgan fingerprint density at radius 3 is 2.41 bits per heavy atom. The molecule has 3 aromatic rings. The largest absolute Gasteiger partial charge is 0.405 e. The van der Waals surface area contributed by atoms with Gasteiger partial charge in [-0.3, -0.25) is 9.59 Å². The number of nitrogens with zero attached hydrogens (tertiary/aromatic N) is 4. The summed E-state index contributed by atoms with van der Waals surface area (Å²) in [5, 5.41) is 16.0. The fourth-order valence-corrected chi connectivity index (χ4v) is 2.40. The van der Waals surface area contributed by atoms with Gasteiger partial charge in [0.05, 0.1) is 11.3 Å². The lowest BCUT2D eigenvalue weighted by Crippen LogP contribution is -2.34. The maximum atomic E-state index is 12.3. The van der Waals surface area contributed by atoms with Gasteiger partial charge in [-0.05, 0) is 17.3 Å². The molecule has 0 aliphatic rings. The summed E-state index contributed by atoms with van der Waals surface area (Å²) in [7, 11) is 0. The minimum absolute atomic E-state index is 0.0700. The van der Waals surface area contributed by atoms with E-state index in [4.69, 9.17) is 0 Å². The van der Waals surface area contributed by atoms with E-state index in [0.717, 1.165) is 10.4 Å². The number of halogens is 3. The first kappa shape index (κ1) is 20.0. The zero-order chi connectivity index (χ0) is 20.9. The first-order valence-electron chi connectivity index (χ1n) is 8.39. The fraction of sp³-hybridized carbons (Fsp3) is 0.167. The van der Waals surface area contributed by atoms with Gasteiger partial charge in [0.1, 0.15) is 13.1 Å². The molecule has 1 heterocycles. The third kappa shape index (κ3) is 5.61. The van der Waals surface area contributed by atoms with Crippen molar-refractivity contribution in [3.8, 4) is 11.4 Å². The Labute approximate surface area is 162 Å². The van der Waals surface area contributed by atoms with Crippen LogP contribution in [0.1, 0.15) is 10.4 Å². The number of hydrogen-bond donors (Lipinski definition) is 2. The summed E-state index contributed by atoms with van der Waals surface area (Å²) in [4.78, 5) is 25.4. The number of rotatable bonds is 6. The highest BCUT2D eigenvalue weighted by Crippen LogP contribution is 2.17. The van der Waals surface area contributed by atoms with Crippen LogP contribution in [0.15, 0.2) is 54.6 Å². The van der Waals surface area contributed by atoms with Crippen molar-refractivity contribution in [3.05, 3.63) is 60.2 Å². The molecule has 2 amide bonds. The molecule has 11 heteroatoms. The van der Waals surface area contributed by atoms with Crippen LogP contribution in [0.5, 0.6) is 0 Å². The fourth-order valence-electron chi connectivity index (χ4n) is 2.40. The third-order valence-electron chi connectivity index (χ3n) is 3.67. The quantitative estimate of drug-likeness (QED) is 0.656. The van der Waals surface area contributed by atoms with Gasteiger partial charge in [-0.2, -0.15) is 18.0 Å². The average Bonchev–Trinajstić information content (AvgIpc) is 3.15. The van der Waals surface area contributed by atoms with E-state index in [-0.39, 0.29) is 17.8 Å². The van der Waals surface area contributed by atoms with Crippen LogP contribution in [-0.4, -0.2) is 44.7 Å². The Balaban J connectivity index is 1.66. The average molecular weight is 404 g/mol. The second-order valence-electron chi connectivity index (χ2n) is 5.90. The topological polar surface area (TPSA) is 102 Å². The smallest absolute Gasteiger partial charge is 0.343 e. The molecule has 0 aliphatic heterocycles. The van der Waals surface area contributed by atoms with Gasteiger partial charge >= 0.3 is 6.18 Å². The number of carbonyl (C=O) groups is 2. The minimum atomic E-state index is -4.54. The Hall–Kier alpha value is -3.76. The Morgan fingerprint density at radius 1 is 1.00 bits per heavy atom. The number of alkyl halides is 3. The highest BCUT2D eigenvalue weighted by Gasteiger charge is 2.28. The lowest BCUT2D eigenvalue weighted by molar-refractivity contribution is -0.123. The Bertz CT molecular complexity index is 1000. The van der Waals surface area contributed by atoms with Crippen molar-refractivity contribution in [2.24, 2.45) is 0 Å². The van der Waals surface area contributed by atoms with Gasteiger partial charge in [-0.1, -0.05) is 42.5 Å². The molecule has 3 rings (SSSR count). The molecular formula is C18H15F3N6O2. The zero-order valence-electron chi connectivity index (χ0n) is 14.8. The molecule has 0 unspecified atom stereocenters. The molecule has 0 radical (unpaired) electrons. The molecule has 0 atom stereocenters. The van der Waals surface area contributed by atoms with Crippen molar-refractivity contribution in [2.45, 2.75) is 12.7 Å². The molecule has 8 nitrogen and oxygen atoms in total. The maximum absolute atomic E-state index is 12.3. The van der Waals surface area contributed by atoms with Crippen molar-refractivity contribution < 1.29 is 22.8 Å². The van der Waals surface area contributed by atoms with Crippen LogP contribution in [-0.2, 0) is 11.3 Å². The number of benzene rings is 2. The van der Waals surface area contributed by atoms with Crippen molar-refractivity contribution in [2.75, 3.05) is 11.9 Å². The third-order valence-corrected chi connectivity index (χ3v) is 3.67. The summed E-state index contributed by atoms with van der Waals surface area (Å²) >= 11 is 0. The number of carbonyl (C=O) groups excluding carboxylic acids is 2. The molecule has 1 aromatic heterocycles. The summed E-state index contributed by atoms with van der Waals surface area (Å²) in [6.45, 7) is -1.77. The molecule has 0 saturated heterocycles.